The maximum atomic E-state index is 5.65. The van der Waals surface area contributed by atoms with Gasteiger partial charge in [0.05, 0.1) is 6.10 Å². The van der Waals surface area contributed by atoms with Crippen LogP contribution in [0.2, 0.25) is 0 Å². The Balaban J connectivity index is 3.61. The molecule has 0 saturated carbocycles. The first-order valence-corrected chi connectivity index (χ1v) is 8.16. The van der Waals surface area contributed by atoms with Crippen LogP contribution >= 0.6 is 0 Å². The monoisotopic (exact) mass is 272 g/mol. The Labute approximate surface area is 120 Å². The van der Waals surface area contributed by atoms with Crippen LogP contribution in [-0.2, 0) is 4.74 Å². The van der Waals surface area contributed by atoms with Crippen LogP contribution in [0.25, 0.3) is 0 Å². The molecule has 0 bridgehead atoms. The van der Waals surface area contributed by atoms with Gasteiger partial charge in [0, 0.05) is 13.2 Å². The topological polar surface area (TPSA) is 47.3 Å². The molecule has 0 aliphatic heterocycles. The molecule has 0 amide bonds. The minimum absolute atomic E-state index is 0.217. The average Bonchev–Trinajstić information content (AvgIpc) is 2.40. The van der Waals surface area contributed by atoms with Crippen LogP contribution in [-0.4, -0.2) is 19.3 Å². The van der Waals surface area contributed by atoms with E-state index in [1.54, 1.807) is 7.11 Å². The van der Waals surface area contributed by atoms with Crippen molar-refractivity contribution in [2.45, 2.75) is 90.7 Å². The van der Waals surface area contributed by atoms with E-state index in [0.717, 1.165) is 6.42 Å². The van der Waals surface area contributed by atoms with Gasteiger partial charge in [-0.25, -0.2) is 0 Å². The first kappa shape index (κ1) is 18.9. The van der Waals surface area contributed by atoms with Crippen molar-refractivity contribution >= 4 is 0 Å². The van der Waals surface area contributed by atoms with Gasteiger partial charge in [-0.15, -0.1) is 0 Å². The van der Waals surface area contributed by atoms with Crippen LogP contribution in [0.3, 0.4) is 0 Å². The fraction of sp³-hybridized carbons (Fsp3) is 1.00. The first-order chi connectivity index (χ1) is 9.17. The Kier molecular flexibility index (Phi) is 12.8. The molecule has 0 aromatic rings. The van der Waals surface area contributed by atoms with E-state index < -0.39 is 0 Å². The van der Waals surface area contributed by atoms with Crippen molar-refractivity contribution < 1.29 is 4.74 Å². The highest BCUT2D eigenvalue weighted by molar-refractivity contribution is 4.77. The van der Waals surface area contributed by atoms with E-state index in [1.807, 2.05) is 0 Å². The molecule has 0 aliphatic rings. The molecule has 19 heavy (non-hydrogen) atoms. The molecule has 3 heteroatoms. The zero-order valence-corrected chi connectivity index (χ0v) is 13.6. The Hall–Kier alpha value is -0.120. The van der Waals surface area contributed by atoms with Crippen molar-refractivity contribution in [2.75, 3.05) is 7.11 Å². The zero-order valence-electron chi connectivity index (χ0n) is 13.6. The summed E-state index contributed by atoms with van der Waals surface area (Å²) in [4.78, 5) is 0. The molecule has 0 aliphatic carbocycles. The van der Waals surface area contributed by atoms with E-state index in [9.17, 15) is 0 Å². The molecular weight excluding hydrogens is 236 g/mol. The Morgan fingerprint density at radius 2 is 1.47 bits per heavy atom. The van der Waals surface area contributed by atoms with Crippen LogP contribution in [0.4, 0.5) is 0 Å². The fourth-order valence-corrected chi connectivity index (χ4v) is 2.74. The van der Waals surface area contributed by atoms with Crippen molar-refractivity contribution in [1.82, 2.24) is 5.43 Å². The number of ether oxygens (including phenoxy) is 1. The highest BCUT2D eigenvalue weighted by atomic mass is 16.5. The number of hydrazine groups is 1. The molecule has 0 aromatic carbocycles. The van der Waals surface area contributed by atoms with E-state index in [1.165, 1.54) is 51.4 Å². The minimum Gasteiger partial charge on any atom is -0.380 e. The van der Waals surface area contributed by atoms with Crippen molar-refractivity contribution in [2.24, 2.45) is 11.8 Å². The smallest absolute Gasteiger partial charge is 0.0760 e. The molecule has 0 fully saturated rings. The maximum absolute atomic E-state index is 5.65. The molecule has 116 valence electrons. The quantitative estimate of drug-likeness (QED) is 0.302. The summed E-state index contributed by atoms with van der Waals surface area (Å²) in [5.74, 6) is 6.15. The van der Waals surface area contributed by atoms with Crippen LogP contribution in [0.5, 0.6) is 0 Å². The van der Waals surface area contributed by atoms with Crippen LogP contribution in [0, 0.1) is 5.92 Å². The molecule has 2 atom stereocenters. The number of hydrogen-bond acceptors (Lipinski definition) is 3. The summed E-state index contributed by atoms with van der Waals surface area (Å²) in [6.07, 6.45) is 12.2. The van der Waals surface area contributed by atoms with Crippen molar-refractivity contribution in [1.29, 1.82) is 0 Å². The highest BCUT2D eigenvalue weighted by Gasteiger charge is 2.22. The number of nitrogens with two attached hydrogens (primary N) is 1. The van der Waals surface area contributed by atoms with E-state index in [4.69, 9.17) is 10.6 Å². The predicted molar refractivity (Wildman–Crippen MR) is 84.0 cm³/mol. The number of nitrogens with one attached hydrogen (secondary N) is 1. The second-order valence-electron chi connectivity index (χ2n) is 5.98. The van der Waals surface area contributed by atoms with Gasteiger partial charge in [0.1, 0.15) is 0 Å². The van der Waals surface area contributed by atoms with Crippen molar-refractivity contribution in [3.63, 3.8) is 0 Å². The summed E-state index contributed by atoms with van der Waals surface area (Å²) < 4.78 is 5.54. The van der Waals surface area contributed by atoms with Gasteiger partial charge in [-0.3, -0.25) is 11.3 Å². The summed E-state index contributed by atoms with van der Waals surface area (Å²) in [5, 5.41) is 0. The standard InChI is InChI=1S/C16H36N2O/c1-5-6-7-8-9-10-11-12-13-15(18-17)16(19-4)14(2)3/h14-16,18H,5-13,17H2,1-4H3. The molecule has 0 spiro atoms. The van der Waals surface area contributed by atoms with Gasteiger partial charge >= 0.3 is 0 Å². The molecule has 0 rings (SSSR count). The summed E-state index contributed by atoms with van der Waals surface area (Å²) in [6.45, 7) is 6.64. The normalized spacial score (nSPS) is 14.8. The van der Waals surface area contributed by atoms with Crippen molar-refractivity contribution in [3.8, 4) is 0 Å². The number of unbranched alkanes of at least 4 members (excludes halogenated alkanes) is 7. The first-order valence-electron chi connectivity index (χ1n) is 8.16. The third-order valence-corrected chi connectivity index (χ3v) is 3.91. The lowest BCUT2D eigenvalue weighted by molar-refractivity contribution is 0.0299. The van der Waals surface area contributed by atoms with Gasteiger partial charge in [-0.2, -0.15) is 0 Å². The van der Waals surface area contributed by atoms with Gasteiger partial charge in [0.2, 0.25) is 0 Å². The summed E-state index contributed by atoms with van der Waals surface area (Å²) >= 11 is 0. The molecular formula is C16H36N2O. The largest absolute Gasteiger partial charge is 0.380 e. The average molecular weight is 272 g/mol. The number of methoxy groups -OCH3 is 1. The molecule has 2 unspecified atom stereocenters. The van der Waals surface area contributed by atoms with E-state index in [0.29, 0.717) is 5.92 Å². The zero-order chi connectivity index (χ0) is 14.5. The van der Waals surface area contributed by atoms with E-state index in [2.05, 4.69) is 26.2 Å². The molecule has 3 N–H and O–H groups in total. The van der Waals surface area contributed by atoms with Crippen LogP contribution in [0.1, 0.15) is 78.6 Å². The number of hydrogen-bond donors (Lipinski definition) is 2. The lowest BCUT2D eigenvalue weighted by Crippen LogP contribution is -2.47. The summed E-state index contributed by atoms with van der Waals surface area (Å²) in [7, 11) is 1.78. The Morgan fingerprint density at radius 1 is 0.947 bits per heavy atom. The van der Waals surface area contributed by atoms with Gasteiger partial charge < -0.3 is 4.74 Å². The molecule has 0 saturated heterocycles. The third kappa shape index (κ3) is 9.42. The van der Waals surface area contributed by atoms with E-state index in [-0.39, 0.29) is 12.1 Å². The Morgan fingerprint density at radius 3 is 1.89 bits per heavy atom. The third-order valence-electron chi connectivity index (χ3n) is 3.91. The van der Waals surface area contributed by atoms with Crippen LogP contribution in [0.15, 0.2) is 0 Å². The second-order valence-corrected chi connectivity index (χ2v) is 5.98. The Bertz CT molecular complexity index is 186. The molecule has 0 heterocycles. The lowest BCUT2D eigenvalue weighted by Gasteiger charge is -2.28. The van der Waals surface area contributed by atoms with E-state index >= 15 is 0 Å². The van der Waals surface area contributed by atoms with Gasteiger partial charge in [-0.05, 0) is 12.3 Å². The highest BCUT2D eigenvalue weighted by Crippen LogP contribution is 2.16. The lowest BCUT2D eigenvalue weighted by atomic mass is 9.95. The summed E-state index contributed by atoms with van der Waals surface area (Å²) in [6, 6.07) is 0.282. The second kappa shape index (κ2) is 12.9. The minimum atomic E-state index is 0.217. The molecule has 0 aromatic heterocycles. The maximum Gasteiger partial charge on any atom is 0.0760 e. The fourth-order valence-electron chi connectivity index (χ4n) is 2.74. The van der Waals surface area contributed by atoms with Gasteiger partial charge in [-0.1, -0.05) is 72.1 Å². The molecule has 3 nitrogen and oxygen atoms in total. The predicted octanol–water partition coefficient (Wildman–Crippen LogP) is 4.02. The van der Waals surface area contributed by atoms with Crippen LogP contribution < -0.4 is 11.3 Å². The summed E-state index contributed by atoms with van der Waals surface area (Å²) in [5.41, 5.74) is 2.93. The number of rotatable bonds is 13. The van der Waals surface area contributed by atoms with Gasteiger partial charge in [0.25, 0.3) is 0 Å². The van der Waals surface area contributed by atoms with Crippen molar-refractivity contribution in [3.05, 3.63) is 0 Å². The molecule has 0 radical (unpaired) electrons. The SMILES string of the molecule is CCCCCCCCCCC(NN)C(OC)C(C)C. The van der Waals surface area contributed by atoms with Gasteiger partial charge in [0.15, 0.2) is 0 Å².